The third-order valence-corrected chi connectivity index (χ3v) is 2.40. The number of hydrogen-bond donors (Lipinski definition) is 1. The molecule has 5 nitrogen and oxygen atoms in total. The molecule has 5 heteroatoms. The summed E-state index contributed by atoms with van der Waals surface area (Å²) in [5, 5.41) is 14.5. The Morgan fingerprint density at radius 1 is 1.38 bits per heavy atom. The Labute approximate surface area is 94.5 Å². The summed E-state index contributed by atoms with van der Waals surface area (Å²) in [5.41, 5.74) is 3.33. The predicted octanol–water partition coefficient (Wildman–Crippen LogP) is 1.79. The molecule has 0 spiro atoms. The van der Waals surface area contributed by atoms with Crippen LogP contribution in [0.1, 0.15) is 18.9 Å². The third-order valence-electron chi connectivity index (χ3n) is 2.40. The highest BCUT2D eigenvalue weighted by atomic mass is 15.5. The molecule has 0 amide bonds. The van der Waals surface area contributed by atoms with Gasteiger partial charge in [-0.2, -0.15) is 0 Å². The Hall–Kier alpha value is -1.91. The Kier molecular flexibility index (Phi) is 3.14. The molecular formula is C11H15N5. The number of tetrazole rings is 1. The van der Waals surface area contributed by atoms with Crippen molar-refractivity contribution in [2.45, 2.75) is 20.3 Å². The fourth-order valence-corrected chi connectivity index (χ4v) is 1.48. The summed E-state index contributed by atoms with van der Waals surface area (Å²) >= 11 is 0. The molecule has 0 aliphatic rings. The maximum absolute atomic E-state index is 3.87. The standard InChI is InChI=1S/C11H15N5/c1-3-6-12-11-7-10(5-4-9(11)2)16-8-13-14-15-16/h4-5,7-8,12H,3,6H2,1-2H3. The maximum Gasteiger partial charge on any atom is 0.143 e. The van der Waals surface area contributed by atoms with Gasteiger partial charge in [-0.3, -0.25) is 0 Å². The quantitative estimate of drug-likeness (QED) is 0.848. The van der Waals surface area contributed by atoms with Crippen LogP contribution in [0.15, 0.2) is 24.5 Å². The van der Waals surface area contributed by atoms with Gasteiger partial charge in [-0.05, 0) is 41.5 Å². The van der Waals surface area contributed by atoms with Crippen molar-refractivity contribution in [2.75, 3.05) is 11.9 Å². The van der Waals surface area contributed by atoms with E-state index in [4.69, 9.17) is 0 Å². The SMILES string of the molecule is CCCNc1cc(-n2cnnn2)ccc1C. The average molecular weight is 217 g/mol. The molecule has 1 aromatic heterocycles. The normalized spacial score (nSPS) is 10.4. The second-order valence-corrected chi connectivity index (χ2v) is 3.68. The van der Waals surface area contributed by atoms with Crippen molar-refractivity contribution < 1.29 is 0 Å². The fraction of sp³-hybridized carbons (Fsp3) is 0.364. The molecule has 1 aromatic carbocycles. The lowest BCUT2D eigenvalue weighted by Gasteiger charge is -2.10. The smallest absolute Gasteiger partial charge is 0.143 e. The van der Waals surface area contributed by atoms with Gasteiger partial charge in [0.25, 0.3) is 0 Å². The molecule has 1 heterocycles. The van der Waals surface area contributed by atoms with E-state index in [0.717, 1.165) is 24.3 Å². The van der Waals surface area contributed by atoms with Gasteiger partial charge in [0.2, 0.25) is 0 Å². The molecule has 2 rings (SSSR count). The van der Waals surface area contributed by atoms with Crippen molar-refractivity contribution >= 4 is 5.69 Å². The summed E-state index contributed by atoms with van der Waals surface area (Å²) in [7, 11) is 0. The van der Waals surface area contributed by atoms with Crippen LogP contribution in [0.3, 0.4) is 0 Å². The summed E-state index contributed by atoms with van der Waals surface area (Å²) in [5.74, 6) is 0. The summed E-state index contributed by atoms with van der Waals surface area (Å²) in [4.78, 5) is 0. The molecule has 16 heavy (non-hydrogen) atoms. The molecule has 0 radical (unpaired) electrons. The molecular weight excluding hydrogens is 202 g/mol. The van der Waals surface area contributed by atoms with Gasteiger partial charge in [0.1, 0.15) is 6.33 Å². The second kappa shape index (κ2) is 4.74. The van der Waals surface area contributed by atoms with Crippen LogP contribution < -0.4 is 5.32 Å². The van der Waals surface area contributed by atoms with Gasteiger partial charge >= 0.3 is 0 Å². The summed E-state index contributed by atoms with van der Waals surface area (Å²) in [6.07, 6.45) is 2.70. The predicted molar refractivity (Wildman–Crippen MR) is 62.7 cm³/mol. The topological polar surface area (TPSA) is 55.6 Å². The highest BCUT2D eigenvalue weighted by Crippen LogP contribution is 2.18. The minimum Gasteiger partial charge on any atom is -0.385 e. The Balaban J connectivity index is 2.28. The molecule has 0 unspecified atom stereocenters. The number of hydrogen-bond acceptors (Lipinski definition) is 4. The van der Waals surface area contributed by atoms with Gasteiger partial charge in [0.15, 0.2) is 0 Å². The van der Waals surface area contributed by atoms with E-state index in [0.29, 0.717) is 0 Å². The molecule has 0 bridgehead atoms. The minimum atomic E-state index is 0.967. The van der Waals surface area contributed by atoms with Crippen LogP contribution in [-0.4, -0.2) is 26.8 Å². The number of anilines is 1. The van der Waals surface area contributed by atoms with Crippen molar-refractivity contribution in [3.8, 4) is 5.69 Å². The van der Waals surface area contributed by atoms with Crippen LogP contribution in [0.2, 0.25) is 0 Å². The molecule has 0 aliphatic carbocycles. The first-order valence-corrected chi connectivity index (χ1v) is 5.39. The van der Waals surface area contributed by atoms with Crippen LogP contribution in [0.5, 0.6) is 0 Å². The zero-order valence-corrected chi connectivity index (χ0v) is 9.51. The van der Waals surface area contributed by atoms with Crippen LogP contribution in [-0.2, 0) is 0 Å². The number of rotatable bonds is 4. The third kappa shape index (κ3) is 2.18. The van der Waals surface area contributed by atoms with E-state index in [1.54, 1.807) is 11.0 Å². The number of nitrogens with one attached hydrogen (secondary N) is 1. The van der Waals surface area contributed by atoms with E-state index in [1.807, 2.05) is 6.07 Å². The average Bonchev–Trinajstić information content (AvgIpc) is 2.81. The monoisotopic (exact) mass is 217 g/mol. The van der Waals surface area contributed by atoms with Crippen molar-refractivity contribution in [3.05, 3.63) is 30.1 Å². The highest BCUT2D eigenvalue weighted by molar-refractivity contribution is 5.56. The molecule has 0 saturated carbocycles. The number of benzene rings is 1. The van der Waals surface area contributed by atoms with Crippen molar-refractivity contribution in [1.82, 2.24) is 20.2 Å². The molecule has 0 atom stereocenters. The van der Waals surface area contributed by atoms with Crippen LogP contribution in [0, 0.1) is 6.92 Å². The first-order chi connectivity index (χ1) is 7.81. The number of aryl methyl sites for hydroxylation is 1. The summed E-state index contributed by atoms with van der Waals surface area (Å²) in [6, 6.07) is 6.12. The molecule has 2 aromatic rings. The van der Waals surface area contributed by atoms with Gasteiger partial charge in [0, 0.05) is 12.2 Å². The first kappa shape index (κ1) is 10.6. The number of aromatic nitrogens is 4. The van der Waals surface area contributed by atoms with E-state index in [1.165, 1.54) is 5.56 Å². The van der Waals surface area contributed by atoms with Gasteiger partial charge < -0.3 is 5.32 Å². The highest BCUT2D eigenvalue weighted by Gasteiger charge is 2.02. The Morgan fingerprint density at radius 3 is 2.94 bits per heavy atom. The van der Waals surface area contributed by atoms with E-state index in [2.05, 4.69) is 46.8 Å². The second-order valence-electron chi connectivity index (χ2n) is 3.68. The Morgan fingerprint density at radius 2 is 2.25 bits per heavy atom. The molecule has 84 valence electrons. The maximum atomic E-state index is 3.87. The zero-order valence-electron chi connectivity index (χ0n) is 9.51. The van der Waals surface area contributed by atoms with Crippen LogP contribution in [0.25, 0.3) is 5.69 Å². The first-order valence-electron chi connectivity index (χ1n) is 5.39. The lowest BCUT2D eigenvalue weighted by molar-refractivity contribution is 0.789. The molecule has 0 saturated heterocycles. The largest absolute Gasteiger partial charge is 0.385 e. The van der Waals surface area contributed by atoms with Crippen molar-refractivity contribution in [3.63, 3.8) is 0 Å². The van der Waals surface area contributed by atoms with Gasteiger partial charge in [-0.1, -0.05) is 13.0 Å². The molecule has 1 N–H and O–H groups in total. The van der Waals surface area contributed by atoms with Gasteiger partial charge in [-0.15, -0.1) is 5.10 Å². The van der Waals surface area contributed by atoms with Crippen LogP contribution >= 0.6 is 0 Å². The van der Waals surface area contributed by atoms with E-state index in [9.17, 15) is 0 Å². The summed E-state index contributed by atoms with van der Waals surface area (Å²) < 4.78 is 1.65. The molecule has 0 fully saturated rings. The van der Waals surface area contributed by atoms with E-state index in [-0.39, 0.29) is 0 Å². The lowest BCUT2D eigenvalue weighted by Crippen LogP contribution is -2.03. The minimum absolute atomic E-state index is 0.967. The lowest BCUT2D eigenvalue weighted by atomic mass is 10.2. The Bertz CT molecular complexity index is 449. The summed E-state index contributed by atoms with van der Waals surface area (Å²) in [6.45, 7) is 5.20. The number of nitrogens with zero attached hydrogens (tertiary/aromatic N) is 4. The van der Waals surface area contributed by atoms with Crippen LogP contribution in [0.4, 0.5) is 5.69 Å². The van der Waals surface area contributed by atoms with Crippen molar-refractivity contribution in [1.29, 1.82) is 0 Å². The van der Waals surface area contributed by atoms with E-state index < -0.39 is 0 Å². The zero-order chi connectivity index (χ0) is 11.4. The van der Waals surface area contributed by atoms with Gasteiger partial charge in [0.05, 0.1) is 5.69 Å². The molecule has 0 aliphatic heterocycles. The van der Waals surface area contributed by atoms with E-state index >= 15 is 0 Å². The van der Waals surface area contributed by atoms with Crippen molar-refractivity contribution in [2.24, 2.45) is 0 Å². The fourth-order valence-electron chi connectivity index (χ4n) is 1.48. The van der Waals surface area contributed by atoms with Gasteiger partial charge in [-0.25, -0.2) is 4.68 Å².